The minimum absolute atomic E-state index is 0.168. The molecule has 3 nitrogen and oxygen atoms in total. The van der Waals surface area contributed by atoms with Gasteiger partial charge in [-0.3, -0.25) is 0 Å². The van der Waals surface area contributed by atoms with E-state index in [0.29, 0.717) is 12.5 Å². The number of azo groups is 1. The average molecular weight is 214 g/mol. The lowest BCUT2D eigenvalue weighted by Gasteiger charge is -2.21. The smallest absolute Gasteiger partial charge is 0.157 e. The highest BCUT2D eigenvalue weighted by Gasteiger charge is 2.21. The van der Waals surface area contributed by atoms with Crippen molar-refractivity contribution in [2.24, 2.45) is 10.2 Å². The first-order valence-electron chi connectivity index (χ1n) is 4.26. The van der Waals surface area contributed by atoms with Crippen LogP contribution in [0, 0.1) is 5.82 Å². The molecule has 1 aliphatic heterocycles. The zero-order valence-corrected chi connectivity index (χ0v) is 8.15. The summed E-state index contributed by atoms with van der Waals surface area (Å²) in [5, 5.41) is 7.81. The van der Waals surface area contributed by atoms with Crippen molar-refractivity contribution in [1.82, 2.24) is 0 Å². The van der Waals surface area contributed by atoms with E-state index in [4.69, 9.17) is 11.6 Å². The van der Waals surface area contributed by atoms with Gasteiger partial charge in [0.25, 0.3) is 0 Å². The fourth-order valence-corrected chi connectivity index (χ4v) is 1.61. The second-order valence-corrected chi connectivity index (χ2v) is 3.29. The van der Waals surface area contributed by atoms with Gasteiger partial charge in [-0.1, -0.05) is 6.07 Å². The van der Waals surface area contributed by atoms with Gasteiger partial charge >= 0.3 is 0 Å². The van der Waals surface area contributed by atoms with Crippen molar-refractivity contribution in [3.05, 3.63) is 30.1 Å². The standard InChI is InChI=1S/C9H9ClFN3/c10-5-9-13-12-6-14(9)8-3-1-2-7(11)4-8/h1-4,9H,5-6H2. The number of halogens is 2. The zero-order valence-electron chi connectivity index (χ0n) is 7.40. The van der Waals surface area contributed by atoms with Gasteiger partial charge in [0.05, 0.1) is 5.88 Å². The molecule has 0 aliphatic carbocycles. The highest BCUT2D eigenvalue weighted by molar-refractivity contribution is 6.18. The summed E-state index contributed by atoms with van der Waals surface area (Å²) >= 11 is 5.70. The highest BCUT2D eigenvalue weighted by atomic mass is 35.5. The summed E-state index contributed by atoms with van der Waals surface area (Å²) in [7, 11) is 0. The van der Waals surface area contributed by atoms with Crippen molar-refractivity contribution in [3.8, 4) is 0 Å². The van der Waals surface area contributed by atoms with Crippen molar-refractivity contribution in [2.45, 2.75) is 6.17 Å². The van der Waals surface area contributed by atoms with E-state index in [1.807, 2.05) is 11.0 Å². The van der Waals surface area contributed by atoms with Crippen LogP contribution in [0.1, 0.15) is 0 Å². The van der Waals surface area contributed by atoms with Crippen LogP contribution >= 0.6 is 11.6 Å². The monoisotopic (exact) mass is 213 g/mol. The maximum Gasteiger partial charge on any atom is 0.157 e. The number of anilines is 1. The van der Waals surface area contributed by atoms with E-state index in [9.17, 15) is 4.39 Å². The number of rotatable bonds is 2. The van der Waals surface area contributed by atoms with Crippen LogP contribution in [-0.4, -0.2) is 18.7 Å². The SMILES string of the molecule is Fc1cccc(N2CN=NC2CCl)c1. The first-order valence-corrected chi connectivity index (χ1v) is 4.79. The third-order valence-corrected chi connectivity index (χ3v) is 2.34. The molecule has 1 aliphatic rings. The molecule has 1 heterocycles. The Bertz CT molecular complexity index is 356. The molecule has 2 rings (SSSR count). The Hall–Kier alpha value is -1.16. The van der Waals surface area contributed by atoms with Gasteiger partial charge in [0, 0.05) is 5.69 Å². The Labute approximate surface area is 86.2 Å². The molecule has 0 radical (unpaired) electrons. The first-order chi connectivity index (χ1) is 6.81. The molecule has 0 amide bonds. The lowest BCUT2D eigenvalue weighted by molar-refractivity contribution is 0.625. The lowest BCUT2D eigenvalue weighted by Crippen LogP contribution is -2.30. The fourth-order valence-electron chi connectivity index (χ4n) is 1.38. The summed E-state index contributed by atoms with van der Waals surface area (Å²) in [4.78, 5) is 1.86. The maximum absolute atomic E-state index is 12.9. The van der Waals surface area contributed by atoms with E-state index in [1.165, 1.54) is 12.1 Å². The zero-order chi connectivity index (χ0) is 9.97. The van der Waals surface area contributed by atoms with Crippen molar-refractivity contribution in [1.29, 1.82) is 0 Å². The number of hydrogen-bond donors (Lipinski definition) is 0. The molecular weight excluding hydrogens is 205 g/mol. The average Bonchev–Trinajstić information content (AvgIpc) is 2.65. The van der Waals surface area contributed by atoms with Crippen LogP contribution in [0.25, 0.3) is 0 Å². The van der Waals surface area contributed by atoms with Crippen molar-refractivity contribution in [3.63, 3.8) is 0 Å². The van der Waals surface area contributed by atoms with Gasteiger partial charge in [-0.2, -0.15) is 10.2 Å². The maximum atomic E-state index is 12.9. The predicted molar refractivity (Wildman–Crippen MR) is 53.1 cm³/mol. The van der Waals surface area contributed by atoms with Gasteiger partial charge in [0.2, 0.25) is 0 Å². The van der Waals surface area contributed by atoms with Gasteiger partial charge in [0.15, 0.2) is 6.17 Å². The number of hydrogen-bond acceptors (Lipinski definition) is 3. The van der Waals surface area contributed by atoms with Crippen LogP contribution in [0.4, 0.5) is 10.1 Å². The summed E-state index contributed by atoms with van der Waals surface area (Å²) in [5.41, 5.74) is 0.764. The highest BCUT2D eigenvalue weighted by Crippen LogP contribution is 2.22. The molecule has 0 saturated carbocycles. The molecule has 1 unspecified atom stereocenters. The van der Waals surface area contributed by atoms with Crippen LogP contribution < -0.4 is 4.90 Å². The van der Waals surface area contributed by atoms with Gasteiger partial charge in [-0.25, -0.2) is 4.39 Å². The topological polar surface area (TPSA) is 28.0 Å². The Morgan fingerprint density at radius 1 is 1.57 bits per heavy atom. The van der Waals surface area contributed by atoms with E-state index in [1.54, 1.807) is 6.07 Å². The second kappa shape index (κ2) is 3.92. The molecule has 0 fully saturated rings. The minimum Gasteiger partial charge on any atom is -0.325 e. The molecule has 0 aromatic heterocycles. The van der Waals surface area contributed by atoms with Crippen LogP contribution in [0.15, 0.2) is 34.5 Å². The van der Waals surface area contributed by atoms with E-state index in [2.05, 4.69) is 10.2 Å². The van der Waals surface area contributed by atoms with Gasteiger partial charge in [0.1, 0.15) is 12.5 Å². The Morgan fingerprint density at radius 2 is 2.43 bits per heavy atom. The predicted octanol–water partition coefficient (Wildman–Crippen LogP) is 2.62. The molecule has 0 N–H and O–H groups in total. The molecule has 1 atom stereocenters. The molecule has 5 heteroatoms. The van der Waals surface area contributed by atoms with Crippen LogP contribution in [0.3, 0.4) is 0 Å². The summed E-state index contributed by atoms with van der Waals surface area (Å²) in [6, 6.07) is 6.34. The van der Waals surface area contributed by atoms with E-state index >= 15 is 0 Å². The summed E-state index contributed by atoms with van der Waals surface area (Å²) in [5.74, 6) is 0.0998. The van der Waals surface area contributed by atoms with Crippen molar-refractivity contribution in [2.75, 3.05) is 17.4 Å². The largest absolute Gasteiger partial charge is 0.325 e. The second-order valence-electron chi connectivity index (χ2n) is 2.98. The normalized spacial score (nSPS) is 20.4. The van der Waals surface area contributed by atoms with Crippen LogP contribution in [0.2, 0.25) is 0 Å². The van der Waals surface area contributed by atoms with Crippen LogP contribution in [-0.2, 0) is 0 Å². The molecule has 14 heavy (non-hydrogen) atoms. The number of benzene rings is 1. The first kappa shape index (κ1) is 9.40. The molecule has 1 aromatic rings. The van der Waals surface area contributed by atoms with Crippen LogP contribution in [0.5, 0.6) is 0 Å². The Morgan fingerprint density at radius 3 is 3.14 bits per heavy atom. The van der Waals surface area contributed by atoms with Gasteiger partial charge in [-0.15, -0.1) is 11.6 Å². The van der Waals surface area contributed by atoms with Gasteiger partial charge in [-0.05, 0) is 18.2 Å². The lowest BCUT2D eigenvalue weighted by atomic mass is 10.3. The Kier molecular flexibility index (Phi) is 2.63. The number of nitrogens with zero attached hydrogens (tertiary/aromatic N) is 3. The summed E-state index contributed by atoms with van der Waals surface area (Å²) < 4.78 is 12.9. The molecule has 1 aromatic carbocycles. The summed E-state index contributed by atoms with van der Waals surface area (Å²) in [6.07, 6.45) is -0.168. The molecular formula is C9H9ClFN3. The summed E-state index contributed by atoms with van der Waals surface area (Å²) in [6.45, 7) is 0.445. The number of alkyl halides is 1. The molecule has 0 bridgehead atoms. The van der Waals surface area contributed by atoms with E-state index in [-0.39, 0.29) is 12.0 Å². The molecule has 0 spiro atoms. The fraction of sp³-hybridized carbons (Fsp3) is 0.333. The third kappa shape index (κ3) is 1.70. The van der Waals surface area contributed by atoms with Gasteiger partial charge < -0.3 is 4.90 Å². The molecule has 74 valence electrons. The van der Waals surface area contributed by atoms with E-state index < -0.39 is 0 Å². The Balaban J connectivity index is 2.23. The third-order valence-electron chi connectivity index (χ3n) is 2.07. The van der Waals surface area contributed by atoms with Crippen molar-refractivity contribution < 1.29 is 4.39 Å². The molecule has 0 saturated heterocycles. The minimum atomic E-state index is -0.261. The van der Waals surface area contributed by atoms with E-state index in [0.717, 1.165) is 5.69 Å². The van der Waals surface area contributed by atoms with Crippen molar-refractivity contribution >= 4 is 17.3 Å². The quantitative estimate of drug-likeness (QED) is 0.694.